The van der Waals surface area contributed by atoms with Gasteiger partial charge in [-0.15, -0.1) is 0 Å². The lowest BCUT2D eigenvalue weighted by molar-refractivity contribution is 0.414. The van der Waals surface area contributed by atoms with Gasteiger partial charge >= 0.3 is 0 Å². The Hall–Kier alpha value is -0.980. The molecule has 0 N–H and O–H groups in total. The molecule has 0 atom stereocenters. The fraction of sp³-hybridized carbons (Fsp3) is 0.400. The minimum absolute atomic E-state index is 0.991. The molecule has 1 aliphatic rings. The molecule has 2 rings (SSSR count). The van der Waals surface area contributed by atoms with E-state index in [9.17, 15) is 0 Å². The largest absolute Gasteiger partial charge is 0.497 e. The Bertz CT molecular complexity index is 266. The van der Waals surface area contributed by atoms with Gasteiger partial charge in [0.05, 0.1) is 7.11 Å². The molecule has 0 radical (unpaired) electrons. The number of aryl methyl sites for hydroxylation is 2. The molecule has 0 aromatic heterocycles. The maximum atomic E-state index is 5.14. The van der Waals surface area contributed by atoms with Gasteiger partial charge in [0.25, 0.3) is 0 Å². The van der Waals surface area contributed by atoms with Crippen molar-refractivity contribution in [3.05, 3.63) is 29.3 Å². The lowest BCUT2D eigenvalue weighted by Crippen LogP contribution is -1.86. The van der Waals surface area contributed by atoms with Crippen LogP contribution in [0.3, 0.4) is 0 Å². The molecule has 1 heteroatoms. The van der Waals surface area contributed by atoms with E-state index in [0.29, 0.717) is 0 Å². The van der Waals surface area contributed by atoms with Gasteiger partial charge in [0, 0.05) is 0 Å². The van der Waals surface area contributed by atoms with E-state index in [1.165, 1.54) is 30.4 Å². The Kier molecular flexibility index (Phi) is 1.57. The van der Waals surface area contributed by atoms with Crippen molar-refractivity contribution < 1.29 is 4.74 Å². The Morgan fingerprint density at radius 1 is 1.18 bits per heavy atom. The monoisotopic (exact) mass is 148 g/mol. The van der Waals surface area contributed by atoms with Gasteiger partial charge in [-0.25, -0.2) is 0 Å². The average molecular weight is 148 g/mol. The molecule has 1 aromatic carbocycles. The highest BCUT2D eigenvalue weighted by Crippen LogP contribution is 2.25. The minimum atomic E-state index is 0.991. The number of ether oxygens (including phenoxy) is 1. The molecular formula is C10H12O. The fourth-order valence-corrected chi connectivity index (χ4v) is 1.68. The predicted molar refractivity (Wildman–Crippen MR) is 45.0 cm³/mol. The number of hydrogen-bond donors (Lipinski definition) is 0. The van der Waals surface area contributed by atoms with Gasteiger partial charge in [0.15, 0.2) is 0 Å². The lowest BCUT2D eigenvalue weighted by atomic mass is 10.1. The van der Waals surface area contributed by atoms with E-state index in [0.717, 1.165) is 5.75 Å². The number of benzene rings is 1. The van der Waals surface area contributed by atoms with Gasteiger partial charge in [0.2, 0.25) is 0 Å². The molecule has 0 fully saturated rings. The van der Waals surface area contributed by atoms with Gasteiger partial charge in [-0.05, 0) is 42.5 Å². The Morgan fingerprint density at radius 2 is 2.00 bits per heavy atom. The van der Waals surface area contributed by atoms with Crippen LogP contribution in [0.4, 0.5) is 0 Å². The third-order valence-electron chi connectivity index (χ3n) is 2.31. The predicted octanol–water partition coefficient (Wildman–Crippen LogP) is 2.18. The van der Waals surface area contributed by atoms with Crippen LogP contribution in [0.2, 0.25) is 0 Å². The first-order chi connectivity index (χ1) is 5.40. The second kappa shape index (κ2) is 2.57. The highest BCUT2D eigenvalue weighted by molar-refractivity contribution is 5.38. The number of methoxy groups -OCH3 is 1. The summed E-state index contributed by atoms with van der Waals surface area (Å²) in [6, 6.07) is 6.38. The van der Waals surface area contributed by atoms with Crippen molar-refractivity contribution in [3.8, 4) is 5.75 Å². The van der Waals surface area contributed by atoms with Crippen molar-refractivity contribution >= 4 is 0 Å². The third kappa shape index (κ3) is 1.11. The summed E-state index contributed by atoms with van der Waals surface area (Å²) in [5.41, 5.74) is 2.98. The zero-order chi connectivity index (χ0) is 7.68. The first-order valence-electron chi connectivity index (χ1n) is 4.06. The molecule has 0 bridgehead atoms. The molecule has 0 amide bonds. The van der Waals surface area contributed by atoms with E-state index in [1.807, 2.05) is 6.07 Å². The molecule has 0 aliphatic heterocycles. The number of rotatable bonds is 1. The van der Waals surface area contributed by atoms with Gasteiger partial charge in [-0.1, -0.05) is 6.07 Å². The van der Waals surface area contributed by atoms with E-state index in [2.05, 4.69) is 12.1 Å². The maximum absolute atomic E-state index is 5.14. The number of fused-ring (bicyclic) bond motifs is 1. The first-order valence-corrected chi connectivity index (χ1v) is 4.06. The molecule has 0 saturated carbocycles. The zero-order valence-electron chi connectivity index (χ0n) is 6.76. The van der Waals surface area contributed by atoms with E-state index in [1.54, 1.807) is 7.11 Å². The first kappa shape index (κ1) is 6.71. The molecule has 1 aromatic rings. The van der Waals surface area contributed by atoms with Crippen LogP contribution in [-0.2, 0) is 12.8 Å². The fourth-order valence-electron chi connectivity index (χ4n) is 1.68. The highest BCUT2D eigenvalue weighted by Gasteiger charge is 2.10. The Labute approximate surface area is 67.0 Å². The smallest absolute Gasteiger partial charge is 0.119 e. The van der Waals surface area contributed by atoms with E-state index in [4.69, 9.17) is 4.74 Å². The van der Waals surface area contributed by atoms with Crippen LogP contribution in [0.15, 0.2) is 18.2 Å². The van der Waals surface area contributed by atoms with Crippen LogP contribution in [0.5, 0.6) is 5.75 Å². The Morgan fingerprint density at radius 3 is 2.82 bits per heavy atom. The van der Waals surface area contributed by atoms with Gasteiger partial charge in [0.1, 0.15) is 5.75 Å². The molecule has 0 heterocycles. The van der Waals surface area contributed by atoms with E-state index < -0.39 is 0 Å². The van der Waals surface area contributed by atoms with Crippen LogP contribution in [0, 0.1) is 0 Å². The van der Waals surface area contributed by atoms with Crippen LogP contribution < -0.4 is 4.74 Å². The SMILES string of the molecule is COc1ccc2c(c1)CCC2. The quantitative estimate of drug-likeness (QED) is 0.593. The second-order valence-corrected chi connectivity index (χ2v) is 2.99. The molecule has 0 spiro atoms. The maximum Gasteiger partial charge on any atom is 0.119 e. The summed E-state index contributed by atoms with van der Waals surface area (Å²) < 4.78 is 5.14. The zero-order valence-corrected chi connectivity index (χ0v) is 6.76. The summed E-state index contributed by atoms with van der Waals surface area (Å²) in [5.74, 6) is 0.991. The molecule has 11 heavy (non-hydrogen) atoms. The molecule has 0 saturated heterocycles. The van der Waals surface area contributed by atoms with Crippen molar-refractivity contribution in [2.45, 2.75) is 19.3 Å². The molecule has 1 aliphatic carbocycles. The molecule has 0 unspecified atom stereocenters. The van der Waals surface area contributed by atoms with Crippen molar-refractivity contribution in [3.63, 3.8) is 0 Å². The van der Waals surface area contributed by atoms with E-state index >= 15 is 0 Å². The van der Waals surface area contributed by atoms with Gasteiger partial charge < -0.3 is 4.74 Å². The van der Waals surface area contributed by atoms with Crippen LogP contribution in [0.1, 0.15) is 17.5 Å². The topological polar surface area (TPSA) is 9.23 Å². The summed E-state index contributed by atoms with van der Waals surface area (Å²) in [5, 5.41) is 0. The van der Waals surface area contributed by atoms with Crippen molar-refractivity contribution in [2.24, 2.45) is 0 Å². The molecule has 58 valence electrons. The van der Waals surface area contributed by atoms with Crippen molar-refractivity contribution in [1.29, 1.82) is 0 Å². The third-order valence-corrected chi connectivity index (χ3v) is 2.31. The minimum Gasteiger partial charge on any atom is -0.497 e. The summed E-state index contributed by atoms with van der Waals surface area (Å²) in [4.78, 5) is 0. The second-order valence-electron chi connectivity index (χ2n) is 2.99. The van der Waals surface area contributed by atoms with Gasteiger partial charge in [-0.3, -0.25) is 0 Å². The normalized spacial score (nSPS) is 14.6. The highest BCUT2D eigenvalue weighted by atomic mass is 16.5. The van der Waals surface area contributed by atoms with E-state index in [-0.39, 0.29) is 0 Å². The Balaban J connectivity index is 2.41. The molecule has 1 nitrogen and oxygen atoms in total. The standard InChI is InChI=1S/C10H12O/c1-11-10-6-5-8-3-2-4-9(8)7-10/h5-7H,2-4H2,1H3. The summed E-state index contributed by atoms with van der Waals surface area (Å²) in [7, 11) is 1.72. The van der Waals surface area contributed by atoms with Gasteiger partial charge in [-0.2, -0.15) is 0 Å². The van der Waals surface area contributed by atoms with Crippen molar-refractivity contribution in [1.82, 2.24) is 0 Å². The molecular weight excluding hydrogens is 136 g/mol. The lowest BCUT2D eigenvalue weighted by Gasteiger charge is -2.02. The average Bonchev–Trinajstić information content (AvgIpc) is 2.50. The van der Waals surface area contributed by atoms with Crippen LogP contribution in [0.25, 0.3) is 0 Å². The summed E-state index contributed by atoms with van der Waals surface area (Å²) >= 11 is 0. The van der Waals surface area contributed by atoms with Crippen LogP contribution in [-0.4, -0.2) is 7.11 Å². The number of hydrogen-bond acceptors (Lipinski definition) is 1. The van der Waals surface area contributed by atoms with Crippen LogP contribution >= 0.6 is 0 Å². The summed E-state index contributed by atoms with van der Waals surface area (Å²) in [6.45, 7) is 0. The summed E-state index contributed by atoms with van der Waals surface area (Å²) in [6.07, 6.45) is 3.79. The van der Waals surface area contributed by atoms with Crippen molar-refractivity contribution in [2.75, 3.05) is 7.11 Å².